The van der Waals surface area contributed by atoms with Gasteiger partial charge in [-0.15, -0.1) is 0 Å². The van der Waals surface area contributed by atoms with Gasteiger partial charge in [0.1, 0.15) is 6.04 Å². The number of anilines is 1. The van der Waals surface area contributed by atoms with E-state index in [1.807, 2.05) is 42.5 Å². The van der Waals surface area contributed by atoms with E-state index in [9.17, 15) is 9.59 Å². The molecule has 1 aliphatic heterocycles. The summed E-state index contributed by atoms with van der Waals surface area (Å²) in [4.78, 5) is 25.1. The average molecular weight is 404 g/mol. The molecule has 0 bridgehead atoms. The molecule has 1 atom stereocenters. The van der Waals surface area contributed by atoms with E-state index < -0.39 is 6.04 Å². The number of ether oxygens (including phenoxy) is 2. The van der Waals surface area contributed by atoms with Crippen molar-refractivity contribution in [1.29, 1.82) is 0 Å². The fraction of sp³-hybridized carbons (Fsp3) is 0.250. The summed E-state index contributed by atoms with van der Waals surface area (Å²) >= 11 is 0. The minimum absolute atomic E-state index is 0.201. The van der Waals surface area contributed by atoms with Crippen molar-refractivity contribution in [3.05, 3.63) is 66.2 Å². The van der Waals surface area contributed by atoms with Crippen molar-refractivity contribution in [2.45, 2.75) is 25.8 Å². The van der Waals surface area contributed by atoms with Gasteiger partial charge >= 0.3 is 0 Å². The molecule has 0 saturated heterocycles. The Bertz CT molecular complexity index is 1070. The largest absolute Gasteiger partial charge is 0.490 e. The van der Waals surface area contributed by atoms with Crippen LogP contribution in [0.5, 0.6) is 11.5 Å². The number of nitrogens with one attached hydrogen (secondary N) is 2. The van der Waals surface area contributed by atoms with Crippen LogP contribution < -0.4 is 20.1 Å². The van der Waals surface area contributed by atoms with Gasteiger partial charge in [-0.1, -0.05) is 42.5 Å². The number of hydrogen-bond donors (Lipinski definition) is 2. The molecule has 154 valence electrons. The lowest BCUT2D eigenvalue weighted by Gasteiger charge is -2.16. The normalized spacial score (nSPS) is 13.9. The summed E-state index contributed by atoms with van der Waals surface area (Å²) in [7, 11) is 0. The molecule has 0 fully saturated rings. The highest BCUT2D eigenvalue weighted by atomic mass is 16.5. The minimum Gasteiger partial charge on any atom is -0.490 e. The summed E-state index contributed by atoms with van der Waals surface area (Å²) in [6.45, 7) is 2.85. The van der Waals surface area contributed by atoms with Crippen LogP contribution in [0.2, 0.25) is 0 Å². The van der Waals surface area contributed by atoms with Gasteiger partial charge in [-0.3, -0.25) is 9.59 Å². The van der Waals surface area contributed by atoms with Gasteiger partial charge in [0.2, 0.25) is 11.8 Å². The Labute approximate surface area is 175 Å². The second-order valence-corrected chi connectivity index (χ2v) is 7.31. The van der Waals surface area contributed by atoms with Crippen LogP contribution in [0.3, 0.4) is 0 Å². The zero-order chi connectivity index (χ0) is 20.9. The molecule has 0 unspecified atom stereocenters. The molecule has 6 nitrogen and oxygen atoms in total. The molecule has 3 aromatic carbocycles. The van der Waals surface area contributed by atoms with Crippen molar-refractivity contribution in [1.82, 2.24) is 5.32 Å². The molecule has 1 aliphatic rings. The van der Waals surface area contributed by atoms with E-state index in [4.69, 9.17) is 9.47 Å². The molecule has 4 rings (SSSR count). The molecule has 2 amide bonds. The highest BCUT2D eigenvalue weighted by Gasteiger charge is 2.18. The second-order valence-electron chi connectivity index (χ2n) is 7.31. The third kappa shape index (κ3) is 4.54. The number of rotatable bonds is 5. The Kier molecular flexibility index (Phi) is 5.84. The first-order valence-electron chi connectivity index (χ1n) is 10.1. The van der Waals surface area contributed by atoms with Crippen molar-refractivity contribution in [2.24, 2.45) is 0 Å². The van der Waals surface area contributed by atoms with Crippen molar-refractivity contribution in [3.8, 4) is 11.5 Å². The topological polar surface area (TPSA) is 76.7 Å². The molecule has 30 heavy (non-hydrogen) atoms. The number of hydrogen-bond acceptors (Lipinski definition) is 4. The van der Waals surface area contributed by atoms with E-state index in [0.29, 0.717) is 30.4 Å². The van der Waals surface area contributed by atoms with Gasteiger partial charge < -0.3 is 20.1 Å². The number of fused-ring (bicyclic) bond motifs is 2. The molecular formula is C24H24N2O4. The summed E-state index contributed by atoms with van der Waals surface area (Å²) in [6.07, 6.45) is 1.03. The van der Waals surface area contributed by atoms with E-state index in [-0.39, 0.29) is 18.2 Å². The third-order valence-corrected chi connectivity index (χ3v) is 5.02. The van der Waals surface area contributed by atoms with Gasteiger partial charge in [-0.2, -0.15) is 0 Å². The number of carbonyl (C=O) groups is 2. The SMILES string of the molecule is C[C@H](NC(=O)Cc1cccc2ccccc12)C(=O)Nc1ccc2c(c1)OCCCO2. The van der Waals surface area contributed by atoms with Crippen LogP contribution in [0.1, 0.15) is 18.9 Å². The zero-order valence-corrected chi connectivity index (χ0v) is 16.8. The predicted molar refractivity (Wildman–Crippen MR) is 116 cm³/mol. The smallest absolute Gasteiger partial charge is 0.246 e. The first-order valence-corrected chi connectivity index (χ1v) is 10.1. The molecule has 2 N–H and O–H groups in total. The van der Waals surface area contributed by atoms with Gasteiger partial charge in [0.05, 0.1) is 19.6 Å². The molecule has 1 heterocycles. The lowest BCUT2D eigenvalue weighted by molar-refractivity contribution is -0.125. The summed E-state index contributed by atoms with van der Waals surface area (Å²) in [6, 6.07) is 18.4. The van der Waals surface area contributed by atoms with E-state index >= 15 is 0 Å². The third-order valence-electron chi connectivity index (χ3n) is 5.02. The Hall–Kier alpha value is -3.54. The highest BCUT2D eigenvalue weighted by molar-refractivity contribution is 5.98. The predicted octanol–water partition coefficient (Wildman–Crippen LogP) is 3.69. The first-order chi connectivity index (χ1) is 14.6. The molecule has 6 heteroatoms. The van der Waals surface area contributed by atoms with Crippen molar-refractivity contribution in [3.63, 3.8) is 0 Å². The zero-order valence-electron chi connectivity index (χ0n) is 16.8. The van der Waals surface area contributed by atoms with Crippen LogP contribution in [0.15, 0.2) is 60.7 Å². The van der Waals surface area contributed by atoms with Crippen LogP contribution in [-0.2, 0) is 16.0 Å². The van der Waals surface area contributed by atoms with E-state index in [0.717, 1.165) is 22.8 Å². The summed E-state index contributed by atoms with van der Waals surface area (Å²) in [5.41, 5.74) is 1.53. The van der Waals surface area contributed by atoms with E-state index in [1.165, 1.54) is 0 Å². The second kappa shape index (κ2) is 8.86. The quantitative estimate of drug-likeness (QED) is 0.680. The van der Waals surface area contributed by atoms with Gasteiger partial charge in [0.25, 0.3) is 0 Å². The molecule has 0 aliphatic carbocycles. The van der Waals surface area contributed by atoms with Crippen LogP contribution in [-0.4, -0.2) is 31.1 Å². The van der Waals surface area contributed by atoms with Gasteiger partial charge in [-0.05, 0) is 35.4 Å². The van der Waals surface area contributed by atoms with Gasteiger partial charge in [-0.25, -0.2) is 0 Å². The molecule has 3 aromatic rings. The maximum Gasteiger partial charge on any atom is 0.246 e. The monoisotopic (exact) mass is 404 g/mol. The standard InChI is InChI=1S/C24H24N2O4/c1-16(24(28)26-19-10-11-21-22(15-19)30-13-5-12-29-21)25-23(27)14-18-8-4-7-17-6-2-3-9-20(17)18/h2-4,6-11,15-16H,5,12-14H2,1H3,(H,25,27)(H,26,28)/t16-/m0/s1. The van der Waals surface area contributed by atoms with Gasteiger partial charge in [0.15, 0.2) is 11.5 Å². The van der Waals surface area contributed by atoms with Crippen molar-refractivity contribution < 1.29 is 19.1 Å². The van der Waals surface area contributed by atoms with Crippen LogP contribution in [0.4, 0.5) is 5.69 Å². The van der Waals surface area contributed by atoms with Crippen LogP contribution in [0.25, 0.3) is 10.8 Å². The molecule has 0 radical (unpaired) electrons. The Balaban J connectivity index is 1.37. The van der Waals surface area contributed by atoms with Crippen molar-refractivity contribution >= 4 is 28.3 Å². The maximum absolute atomic E-state index is 12.6. The molecular weight excluding hydrogens is 380 g/mol. The highest BCUT2D eigenvalue weighted by Crippen LogP contribution is 2.32. The fourth-order valence-corrected chi connectivity index (χ4v) is 3.47. The van der Waals surface area contributed by atoms with Crippen LogP contribution in [0, 0.1) is 0 Å². The fourth-order valence-electron chi connectivity index (χ4n) is 3.47. The first kappa shape index (κ1) is 19.8. The number of benzene rings is 3. The molecule has 0 spiro atoms. The van der Waals surface area contributed by atoms with Crippen LogP contribution >= 0.6 is 0 Å². The Morgan fingerprint density at radius 1 is 0.967 bits per heavy atom. The number of carbonyl (C=O) groups excluding carboxylic acids is 2. The Morgan fingerprint density at radius 3 is 2.60 bits per heavy atom. The van der Waals surface area contributed by atoms with E-state index in [1.54, 1.807) is 25.1 Å². The number of amides is 2. The minimum atomic E-state index is -0.677. The summed E-state index contributed by atoms with van der Waals surface area (Å²) < 4.78 is 11.3. The lowest BCUT2D eigenvalue weighted by atomic mass is 10.0. The summed E-state index contributed by atoms with van der Waals surface area (Å²) in [5.74, 6) is 0.781. The van der Waals surface area contributed by atoms with E-state index in [2.05, 4.69) is 10.6 Å². The average Bonchev–Trinajstić information content (AvgIpc) is 2.99. The van der Waals surface area contributed by atoms with Crippen molar-refractivity contribution in [2.75, 3.05) is 18.5 Å². The van der Waals surface area contributed by atoms with Gasteiger partial charge in [0, 0.05) is 18.2 Å². The maximum atomic E-state index is 12.6. The Morgan fingerprint density at radius 2 is 1.73 bits per heavy atom. The lowest BCUT2D eigenvalue weighted by Crippen LogP contribution is -2.42. The molecule has 0 aromatic heterocycles. The molecule has 0 saturated carbocycles. The summed E-state index contributed by atoms with van der Waals surface area (Å²) in [5, 5.41) is 7.73.